The maximum absolute atomic E-state index is 12.8. The molecular formula is C17H13ClFN3O3. The lowest BCUT2D eigenvalue weighted by atomic mass is 10.2. The molecule has 0 unspecified atom stereocenters. The Labute approximate surface area is 148 Å². The number of nitrogens with zero attached hydrogens (tertiary/aromatic N) is 1. The average Bonchev–Trinajstić information content (AvgIpc) is 2.60. The minimum atomic E-state index is -0.519. The summed E-state index contributed by atoms with van der Waals surface area (Å²) in [5.41, 5.74) is 0.792. The molecule has 0 fully saturated rings. The van der Waals surface area contributed by atoms with Crippen molar-refractivity contribution < 1.29 is 18.7 Å². The molecule has 0 aromatic heterocycles. The van der Waals surface area contributed by atoms with Crippen molar-refractivity contribution in [1.29, 1.82) is 5.26 Å². The SMILES string of the molecule is N#Cc1ccc(OCC(=O)NCC(=O)Nc2ccc(F)cc2)c(Cl)c1. The zero-order chi connectivity index (χ0) is 18.2. The highest BCUT2D eigenvalue weighted by molar-refractivity contribution is 6.32. The van der Waals surface area contributed by atoms with Gasteiger partial charge in [0.25, 0.3) is 5.91 Å². The third-order valence-electron chi connectivity index (χ3n) is 2.99. The Balaban J connectivity index is 1.76. The number of rotatable bonds is 6. The molecule has 0 aliphatic heterocycles. The van der Waals surface area contributed by atoms with Gasteiger partial charge in [-0.15, -0.1) is 0 Å². The summed E-state index contributed by atoms with van der Waals surface area (Å²) < 4.78 is 18.0. The van der Waals surface area contributed by atoms with E-state index in [9.17, 15) is 14.0 Å². The molecule has 128 valence electrons. The predicted octanol–water partition coefficient (Wildman–Crippen LogP) is 2.48. The first kappa shape index (κ1) is 18.2. The van der Waals surface area contributed by atoms with E-state index < -0.39 is 17.6 Å². The molecule has 6 nitrogen and oxygen atoms in total. The average molecular weight is 362 g/mol. The summed E-state index contributed by atoms with van der Waals surface area (Å²) in [7, 11) is 0. The van der Waals surface area contributed by atoms with E-state index in [0.717, 1.165) is 0 Å². The standard InChI is InChI=1S/C17H13ClFN3O3/c18-14-7-11(8-20)1-6-15(14)25-10-17(24)21-9-16(23)22-13-4-2-12(19)3-5-13/h1-7H,9-10H2,(H,21,24)(H,22,23). The monoisotopic (exact) mass is 361 g/mol. The van der Waals surface area contributed by atoms with Gasteiger partial charge in [-0.05, 0) is 42.5 Å². The second-order valence-corrected chi connectivity index (χ2v) is 5.28. The molecule has 2 aromatic rings. The molecule has 0 heterocycles. The van der Waals surface area contributed by atoms with Gasteiger partial charge >= 0.3 is 0 Å². The van der Waals surface area contributed by atoms with E-state index in [2.05, 4.69) is 10.6 Å². The van der Waals surface area contributed by atoms with Crippen LogP contribution in [0.5, 0.6) is 5.75 Å². The van der Waals surface area contributed by atoms with Crippen LogP contribution in [0.3, 0.4) is 0 Å². The fourth-order valence-corrected chi connectivity index (χ4v) is 2.03. The lowest BCUT2D eigenvalue weighted by Crippen LogP contribution is -2.35. The molecule has 2 rings (SSSR count). The molecule has 0 radical (unpaired) electrons. The van der Waals surface area contributed by atoms with Crippen molar-refractivity contribution >= 4 is 29.1 Å². The van der Waals surface area contributed by atoms with Crippen molar-refractivity contribution in [3.05, 3.63) is 58.9 Å². The number of carbonyl (C=O) groups is 2. The molecule has 0 aliphatic rings. The first-order valence-electron chi connectivity index (χ1n) is 7.12. The first-order valence-corrected chi connectivity index (χ1v) is 7.50. The van der Waals surface area contributed by atoms with Crippen LogP contribution in [0.4, 0.5) is 10.1 Å². The van der Waals surface area contributed by atoms with Gasteiger partial charge in [0.1, 0.15) is 11.6 Å². The second-order valence-electron chi connectivity index (χ2n) is 4.88. The topological polar surface area (TPSA) is 91.2 Å². The summed E-state index contributed by atoms with van der Waals surface area (Å²) >= 11 is 5.92. The summed E-state index contributed by atoms with van der Waals surface area (Å²) in [6.45, 7) is -0.601. The molecule has 25 heavy (non-hydrogen) atoms. The molecule has 0 bridgehead atoms. The van der Waals surface area contributed by atoms with Gasteiger partial charge in [0.15, 0.2) is 6.61 Å². The van der Waals surface area contributed by atoms with Crippen LogP contribution >= 0.6 is 11.6 Å². The van der Waals surface area contributed by atoms with Gasteiger partial charge in [0, 0.05) is 5.69 Å². The zero-order valence-electron chi connectivity index (χ0n) is 12.9. The molecule has 0 saturated heterocycles. The number of nitrogens with one attached hydrogen (secondary N) is 2. The van der Waals surface area contributed by atoms with Gasteiger partial charge in [-0.25, -0.2) is 4.39 Å². The van der Waals surface area contributed by atoms with E-state index in [1.165, 1.54) is 42.5 Å². The summed E-state index contributed by atoms with van der Waals surface area (Å²) in [6.07, 6.45) is 0. The maximum Gasteiger partial charge on any atom is 0.258 e. The third kappa shape index (κ3) is 5.79. The van der Waals surface area contributed by atoms with Crippen molar-refractivity contribution in [3.8, 4) is 11.8 Å². The lowest BCUT2D eigenvalue weighted by Gasteiger charge is -2.09. The van der Waals surface area contributed by atoms with Crippen molar-refractivity contribution in [2.24, 2.45) is 0 Å². The normalized spacial score (nSPS) is 9.80. The zero-order valence-corrected chi connectivity index (χ0v) is 13.6. The van der Waals surface area contributed by atoms with Gasteiger partial charge in [-0.2, -0.15) is 5.26 Å². The molecule has 2 aromatic carbocycles. The quantitative estimate of drug-likeness (QED) is 0.827. The number of ether oxygens (including phenoxy) is 1. The van der Waals surface area contributed by atoms with Crippen LogP contribution in [0.2, 0.25) is 5.02 Å². The highest BCUT2D eigenvalue weighted by Gasteiger charge is 2.09. The second kappa shape index (κ2) is 8.66. The number of anilines is 1. The molecule has 0 aliphatic carbocycles. The summed E-state index contributed by atoms with van der Waals surface area (Å²) in [5, 5.41) is 13.8. The minimum Gasteiger partial charge on any atom is -0.482 e. The van der Waals surface area contributed by atoms with Crippen molar-refractivity contribution in [2.75, 3.05) is 18.5 Å². The number of halogens is 2. The van der Waals surface area contributed by atoms with Gasteiger partial charge in [0.05, 0.1) is 23.2 Å². The van der Waals surface area contributed by atoms with Gasteiger partial charge in [-0.3, -0.25) is 9.59 Å². The van der Waals surface area contributed by atoms with Crippen LogP contribution in [-0.4, -0.2) is 25.0 Å². The molecular weight excluding hydrogens is 349 g/mol. The Hall–Kier alpha value is -3.11. The van der Waals surface area contributed by atoms with E-state index in [1.54, 1.807) is 0 Å². The summed E-state index contributed by atoms with van der Waals surface area (Å²) in [5.74, 6) is -1.14. The third-order valence-corrected chi connectivity index (χ3v) is 3.29. The van der Waals surface area contributed by atoms with Crippen LogP contribution < -0.4 is 15.4 Å². The highest BCUT2D eigenvalue weighted by atomic mass is 35.5. The lowest BCUT2D eigenvalue weighted by molar-refractivity contribution is -0.125. The molecule has 2 amide bonds. The smallest absolute Gasteiger partial charge is 0.258 e. The van der Waals surface area contributed by atoms with Crippen molar-refractivity contribution in [3.63, 3.8) is 0 Å². The van der Waals surface area contributed by atoms with Gasteiger partial charge in [-0.1, -0.05) is 11.6 Å². The number of hydrogen-bond acceptors (Lipinski definition) is 4. The predicted molar refractivity (Wildman–Crippen MR) is 89.7 cm³/mol. The Morgan fingerprint density at radius 2 is 1.88 bits per heavy atom. The fraction of sp³-hybridized carbons (Fsp3) is 0.118. The van der Waals surface area contributed by atoms with Gasteiger partial charge in [0.2, 0.25) is 5.91 Å². The summed E-state index contributed by atoms with van der Waals surface area (Å²) in [6, 6.07) is 11.6. The van der Waals surface area contributed by atoms with E-state index in [-0.39, 0.29) is 23.9 Å². The molecule has 8 heteroatoms. The minimum absolute atomic E-state index is 0.209. The number of amides is 2. The Morgan fingerprint density at radius 3 is 2.52 bits per heavy atom. The number of benzene rings is 2. The molecule has 0 saturated carbocycles. The summed E-state index contributed by atoms with van der Waals surface area (Å²) in [4.78, 5) is 23.4. The fourth-order valence-electron chi connectivity index (χ4n) is 1.80. The highest BCUT2D eigenvalue weighted by Crippen LogP contribution is 2.24. The van der Waals surface area contributed by atoms with E-state index in [4.69, 9.17) is 21.6 Å². The van der Waals surface area contributed by atoms with Crippen LogP contribution in [0.25, 0.3) is 0 Å². The van der Waals surface area contributed by atoms with E-state index in [0.29, 0.717) is 11.3 Å². The Kier molecular flexibility index (Phi) is 6.32. The van der Waals surface area contributed by atoms with E-state index in [1.807, 2.05) is 6.07 Å². The number of carbonyl (C=O) groups excluding carboxylic acids is 2. The maximum atomic E-state index is 12.8. The van der Waals surface area contributed by atoms with Crippen LogP contribution in [0.15, 0.2) is 42.5 Å². The molecule has 0 atom stereocenters. The van der Waals surface area contributed by atoms with E-state index >= 15 is 0 Å². The molecule has 2 N–H and O–H groups in total. The van der Waals surface area contributed by atoms with Crippen LogP contribution in [-0.2, 0) is 9.59 Å². The Bertz CT molecular complexity index is 819. The molecule has 0 spiro atoms. The van der Waals surface area contributed by atoms with Crippen molar-refractivity contribution in [2.45, 2.75) is 0 Å². The first-order chi connectivity index (χ1) is 12.0. The Morgan fingerprint density at radius 1 is 1.16 bits per heavy atom. The number of nitriles is 1. The largest absolute Gasteiger partial charge is 0.482 e. The van der Waals surface area contributed by atoms with Crippen LogP contribution in [0, 0.1) is 17.1 Å². The van der Waals surface area contributed by atoms with Crippen molar-refractivity contribution in [1.82, 2.24) is 5.32 Å². The number of hydrogen-bond donors (Lipinski definition) is 2. The van der Waals surface area contributed by atoms with Gasteiger partial charge < -0.3 is 15.4 Å². The van der Waals surface area contributed by atoms with Crippen LogP contribution in [0.1, 0.15) is 5.56 Å².